The standard InChI is InChI=1S/C21H21N3O3S/c1-12-16(21(26)24-9-7-18-15(11-24)8-10-28-18)5-4-6-17(12)22-20(25)19-13(2)23-27-14(19)3/h4-6,8,10H,7,9,11H2,1-3H3,(H,22,25). The van der Waals surface area contributed by atoms with Crippen LogP contribution in [-0.2, 0) is 13.0 Å². The first kappa shape index (κ1) is 18.4. The summed E-state index contributed by atoms with van der Waals surface area (Å²) < 4.78 is 5.08. The molecule has 0 saturated heterocycles. The SMILES string of the molecule is Cc1noc(C)c1C(=O)Nc1cccc(C(=O)N2CCc3sccc3C2)c1C. The van der Waals surface area contributed by atoms with E-state index in [1.807, 2.05) is 17.9 Å². The summed E-state index contributed by atoms with van der Waals surface area (Å²) in [6, 6.07) is 7.50. The van der Waals surface area contributed by atoms with Crippen molar-refractivity contribution in [3.05, 3.63) is 68.2 Å². The quantitative estimate of drug-likeness (QED) is 0.724. The van der Waals surface area contributed by atoms with Gasteiger partial charge in [-0.3, -0.25) is 9.59 Å². The fourth-order valence-electron chi connectivity index (χ4n) is 3.59. The van der Waals surface area contributed by atoms with Crippen molar-refractivity contribution >= 4 is 28.8 Å². The van der Waals surface area contributed by atoms with Crippen LogP contribution in [0.2, 0.25) is 0 Å². The number of hydrogen-bond acceptors (Lipinski definition) is 5. The highest BCUT2D eigenvalue weighted by atomic mass is 32.1. The second-order valence-corrected chi connectivity index (χ2v) is 7.98. The van der Waals surface area contributed by atoms with Gasteiger partial charge in [0, 0.05) is 29.2 Å². The van der Waals surface area contributed by atoms with Gasteiger partial charge in [0.15, 0.2) is 0 Å². The van der Waals surface area contributed by atoms with E-state index in [4.69, 9.17) is 4.52 Å². The van der Waals surface area contributed by atoms with Crippen LogP contribution in [0.1, 0.15) is 48.2 Å². The van der Waals surface area contributed by atoms with E-state index in [1.54, 1.807) is 37.3 Å². The molecule has 7 heteroatoms. The molecule has 1 aliphatic heterocycles. The molecule has 1 aromatic carbocycles. The highest BCUT2D eigenvalue weighted by molar-refractivity contribution is 7.10. The maximum Gasteiger partial charge on any atom is 0.261 e. The lowest BCUT2D eigenvalue weighted by Crippen LogP contribution is -2.35. The second kappa shape index (κ2) is 7.24. The molecule has 0 radical (unpaired) electrons. The number of anilines is 1. The van der Waals surface area contributed by atoms with Gasteiger partial charge in [0.1, 0.15) is 11.3 Å². The molecule has 1 aliphatic rings. The molecule has 0 saturated carbocycles. The summed E-state index contributed by atoms with van der Waals surface area (Å²) >= 11 is 1.75. The zero-order valence-electron chi connectivity index (χ0n) is 16.0. The predicted octanol–water partition coefficient (Wildman–Crippen LogP) is 4.11. The average molecular weight is 395 g/mol. The fourth-order valence-corrected chi connectivity index (χ4v) is 4.48. The van der Waals surface area contributed by atoms with Crippen LogP contribution in [0.5, 0.6) is 0 Å². The number of rotatable bonds is 3. The van der Waals surface area contributed by atoms with Gasteiger partial charge in [-0.1, -0.05) is 11.2 Å². The van der Waals surface area contributed by atoms with E-state index < -0.39 is 0 Å². The monoisotopic (exact) mass is 395 g/mol. The summed E-state index contributed by atoms with van der Waals surface area (Å²) in [7, 11) is 0. The number of carbonyl (C=O) groups excluding carboxylic acids is 2. The summed E-state index contributed by atoms with van der Waals surface area (Å²) in [6.07, 6.45) is 0.889. The second-order valence-electron chi connectivity index (χ2n) is 6.98. The van der Waals surface area contributed by atoms with Crippen LogP contribution < -0.4 is 5.32 Å². The maximum absolute atomic E-state index is 13.1. The fraction of sp³-hybridized carbons (Fsp3) is 0.286. The van der Waals surface area contributed by atoms with E-state index in [0.717, 1.165) is 12.0 Å². The molecule has 0 spiro atoms. The van der Waals surface area contributed by atoms with E-state index in [2.05, 4.69) is 21.9 Å². The number of aromatic nitrogens is 1. The molecule has 0 fully saturated rings. The van der Waals surface area contributed by atoms with Crippen molar-refractivity contribution in [3.8, 4) is 0 Å². The number of benzene rings is 1. The predicted molar refractivity (Wildman–Crippen MR) is 108 cm³/mol. The van der Waals surface area contributed by atoms with Crippen molar-refractivity contribution in [2.45, 2.75) is 33.7 Å². The highest BCUT2D eigenvalue weighted by Crippen LogP contribution is 2.27. The van der Waals surface area contributed by atoms with Gasteiger partial charge in [0.25, 0.3) is 11.8 Å². The number of thiophene rings is 1. The zero-order valence-corrected chi connectivity index (χ0v) is 16.9. The van der Waals surface area contributed by atoms with E-state index in [9.17, 15) is 9.59 Å². The minimum Gasteiger partial charge on any atom is -0.361 e. The summed E-state index contributed by atoms with van der Waals surface area (Å²) in [5, 5.41) is 8.80. The first-order chi connectivity index (χ1) is 13.5. The van der Waals surface area contributed by atoms with Crippen LogP contribution in [0.4, 0.5) is 5.69 Å². The van der Waals surface area contributed by atoms with E-state index in [-0.39, 0.29) is 11.8 Å². The van der Waals surface area contributed by atoms with E-state index in [0.29, 0.717) is 41.4 Å². The Balaban J connectivity index is 1.57. The Labute approximate surface area is 167 Å². The summed E-state index contributed by atoms with van der Waals surface area (Å²) in [6.45, 7) is 6.63. The number of aryl methyl sites for hydroxylation is 2. The Kier molecular flexibility index (Phi) is 4.77. The topological polar surface area (TPSA) is 75.4 Å². The number of hydrogen-bond donors (Lipinski definition) is 1. The number of fused-ring (bicyclic) bond motifs is 1. The highest BCUT2D eigenvalue weighted by Gasteiger charge is 2.25. The third-order valence-corrected chi connectivity index (χ3v) is 6.19. The molecule has 2 aromatic heterocycles. The summed E-state index contributed by atoms with van der Waals surface area (Å²) in [5.74, 6) is 0.174. The largest absolute Gasteiger partial charge is 0.361 e. The molecule has 4 rings (SSSR count). The Morgan fingerprint density at radius 2 is 2.04 bits per heavy atom. The maximum atomic E-state index is 13.1. The van der Waals surface area contributed by atoms with Gasteiger partial charge in [-0.05, 0) is 61.9 Å². The lowest BCUT2D eigenvalue weighted by atomic mass is 10.0. The van der Waals surface area contributed by atoms with Crippen LogP contribution in [0.3, 0.4) is 0 Å². The van der Waals surface area contributed by atoms with Crippen molar-refractivity contribution in [2.24, 2.45) is 0 Å². The molecule has 1 N–H and O–H groups in total. The van der Waals surface area contributed by atoms with Crippen LogP contribution in [-0.4, -0.2) is 28.4 Å². The Hall–Kier alpha value is -2.93. The van der Waals surface area contributed by atoms with Crippen molar-refractivity contribution in [2.75, 3.05) is 11.9 Å². The Bertz CT molecular complexity index is 1050. The van der Waals surface area contributed by atoms with Crippen LogP contribution in [0, 0.1) is 20.8 Å². The zero-order chi connectivity index (χ0) is 19.8. The smallest absolute Gasteiger partial charge is 0.261 e. The molecule has 0 aliphatic carbocycles. The van der Waals surface area contributed by atoms with Gasteiger partial charge in [-0.25, -0.2) is 0 Å². The van der Waals surface area contributed by atoms with Gasteiger partial charge in [-0.15, -0.1) is 11.3 Å². The first-order valence-corrected chi connectivity index (χ1v) is 10.0. The molecule has 3 aromatic rings. The molecular weight excluding hydrogens is 374 g/mol. The van der Waals surface area contributed by atoms with Gasteiger partial charge >= 0.3 is 0 Å². The number of nitrogens with one attached hydrogen (secondary N) is 1. The Morgan fingerprint density at radius 1 is 1.21 bits per heavy atom. The number of carbonyl (C=O) groups is 2. The molecule has 0 atom stereocenters. The minimum absolute atomic E-state index is 0.0113. The molecular formula is C21H21N3O3S. The molecule has 3 heterocycles. The molecule has 6 nitrogen and oxygen atoms in total. The summed E-state index contributed by atoms with van der Waals surface area (Å²) in [5.41, 5.74) is 4.17. The van der Waals surface area contributed by atoms with Gasteiger partial charge < -0.3 is 14.7 Å². The normalized spacial score (nSPS) is 13.3. The molecule has 144 valence electrons. The first-order valence-electron chi connectivity index (χ1n) is 9.14. The lowest BCUT2D eigenvalue weighted by molar-refractivity contribution is 0.0735. The molecule has 28 heavy (non-hydrogen) atoms. The van der Waals surface area contributed by atoms with Gasteiger partial charge in [0.05, 0.1) is 5.69 Å². The van der Waals surface area contributed by atoms with Crippen molar-refractivity contribution in [1.82, 2.24) is 10.1 Å². The van der Waals surface area contributed by atoms with E-state index >= 15 is 0 Å². The number of amides is 2. The van der Waals surface area contributed by atoms with Crippen molar-refractivity contribution in [3.63, 3.8) is 0 Å². The average Bonchev–Trinajstić information content (AvgIpc) is 3.28. The third-order valence-electron chi connectivity index (χ3n) is 5.17. The van der Waals surface area contributed by atoms with Gasteiger partial charge in [-0.2, -0.15) is 0 Å². The molecule has 0 unspecified atom stereocenters. The molecule has 0 bridgehead atoms. The number of nitrogens with zero attached hydrogens (tertiary/aromatic N) is 2. The van der Waals surface area contributed by atoms with Gasteiger partial charge in [0.2, 0.25) is 0 Å². The van der Waals surface area contributed by atoms with Crippen LogP contribution >= 0.6 is 11.3 Å². The Morgan fingerprint density at radius 3 is 2.79 bits per heavy atom. The van der Waals surface area contributed by atoms with Crippen molar-refractivity contribution in [1.29, 1.82) is 0 Å². The van der Waals surface area contributed by atoms with Crippen LogP contribution in [0.15, 0.2) is 34.2 Å². The lowest BCUT2D eigenvalue weighted by Gasteiger charge is -2.28. The summed E-state index contributed by atoms with van der Waals surface area (Å²) in [4.78, 5) is 29.0. The molecule has 2 amide bonds. The van der Waals surface area contributed by atoms with Crippen LogP contribution in [0.25, 0.3) is 0 Å². The van der Waals surface area contributed by atoms with E-state index in [1.165, 1.54) is 10.4 Å². The third kappa shape index (κ3) is 3.22. The van der Waals surface area contributed by atoms with Crippen molar-refractivity contribution < 1.29 is 14.1 Å². The minimum atomic E-state index is -0.287.